The van der Waals surface area contributed by atoms with Crippen LogP contribution in [0.25, 0.3) is 0 Å². The molecule has 2 heterocycles. The van der Waals surface area contributed by atoms with Crippen molar-refractivity contribution in [3.63, 3.8) is 0 Å². The SMILES string of the molecule is CCC1(CC)CCN(c2nc(C(=O)OC)ccc2N)C1. The highest BCUT2D eigenvalue weighted by Crippen LogP contribution is 2.39. The maximum absolute atomic E-state index is 11.6. The number of anilines is 2. The molecule has 1 saturated heterocycles. The van der Waals surface area contributed by atoms with Gasteiger partial charge in [0.15, 0.2) is 11.5 Å². The van der Waals surface area contributed by atoms with E-state index in [1.165, 1.54) is 7.11 Å². The number of nitrogens with two attached hydrogens (primary N) is 1. The van der Waals surface area contributed by atoms with E-state index in [-0.39, 0.29) is 0 Å². The van der Waals surface area contributed by atoms with Gasteiger partial charge in [-0.3, -0.25) is 0 Å². The van der Waals surface area contributed by atoms with E-state index in [1.807, 2.05) is 0 Å². The molecule has 0 unspecified atom stereocenters. The third kappa shape index (κ3) is 2.57. The second-order valence-corrected chi connectivity index (χ2v) is 5.48. The number of hydrogen-bond donors (Lipinski definition) is 1. The predicted octanol–water partition coefficient (Wildman–Crippen LogP) is 2.47. The smallest absolute Gasteiger partial charge is 0.356 e. The number of rotatable bonds is 4. The van der Waals surface area contributed by atoms with Gasteiger partial charge in [0.2, 0.25) is 0 Å². The fourth-order valence-electron chi connectivity index (χ4n) is 2.87. The number of ether oxygens (including phenoxy) is 1. The van der Waals surface area contributed by atoms with Gasteiger partial charge >= 0.3 is 5.97 Å². The van der Waals surface area contributed by atoms with Crippen LogP contribution < -0.4 is 10.6 Å². The molecule has 1 fully saturated rings. The quantitative estimate of drug-likeness (QED) is 0.856. The first kappa shape index (κ1) is 14.6. The molecule has 1 aromatic rings. The molecule has 1 aliphatic heterocycles. The summed E-state index contributed by atoms with van der Waals surface area (Å²) in [5.41, 5.74) is 7.29. The fourth-order valence-corrected chi connectivity index (χ4v) is 2.87. The van der Waals surface area contributed by atoms with Crippen molar-refractivity contribution in [2.75, 3.05) is 30.8 Å². The highest BCUT2D eigenvalue weighted by atomic mass is 16.5. The average molecular weight is 277 g/mol. The molecule has 0 aliphatic carbocycles. The minimum atomic E-state index is -0.428. The predicted molar refractivity (Wildman–Crippen MR) is 79.8 cm³/mol. The van der Waals surface area contributed by atoms with Gasteiger partial charge in [-0.2, -0.15) is 0 Å². The Morgan fingerprint density at radius 3 is 2.70 bits per heavy atom. The minimum absolute atomic E-state index is 0.308. The van der Waals surface area contributed by atoms with E-state index in [0.29, 0.717) is 22.6 Å². The molecule has 5 heteroatoms. The summed E-state index contributed by atoms with van der Waals surface area (Å²) in [5, 5.41) is 0. The summed E-state index contributed by atoms with van der Waals surface area (Å²) in [6.45, 7) is 6.34. The van der Waals surface area contributed by atoms with Crippen LogP contribution in [0.1, 0.15) is 43.6 Å². The zero-order valence-corrected chi connectivity index (χ0v) is 12.5. The Morgan fingerprint density at radius 1 is 1.45 bits per heavy atom. The van der Waals surface area contributed by atoms with Crippen LogP contribution in [0.4, 0.5) is 11.5 Å². The van der Waals surface area contributed by atoms with Crippen LogP contribution in [0.15, 0.2) is 12.1 Å². The summed E-state index contributed by atoms with van der Waals surface area (Å²) < 4.78 is 4.72. The van der Waals surface area contributed by atoms with Crippen LogP contribution in [-0.2, 0) is 4.74 Å². The molecule has 110 valence electrons. The van der Waals surface area contributed by atoms with Gasteiger partial charge in [-0.25, -0.2) is 9.78 Å². The molecule has 20 heavy (non-hydrogen) atoms. The maximum atomic E-state index is 11.6. The van der Waals surface area contributed by atoms with Crippen LogP contribution in [0, 0.1) is 5.41 Å². The first-order chi connectivity index (χ1) is 9.55. The van der Waals surface area contributed by atoms with E-state index < -0.39 is 5.97 Å². The van der Waals surface area contributed by atoms with Gasteiger partial charge in [0.25, 0.3) is 0 Å². The average Bonchev–Trinajstić information content (AvgIpc) is 2.92. The second kappa shape index (κ2) is 5.69. The summed E-state index contributed by atoms with van der Waals surface area (Å²) in [5.74, 6) is 0.277. The molecular weight excluding hydrogens is 254 g/mol. The summed E-state index contributed by atoms with van der Waals surface area (Å²) in [7, 11) is 1.36. The molecule has 5 nitrogen and oxygen atoms in total. The molecule has 1 aliphatic rings. The normalized spacial score (nSPS) is 17.2. The van der Waals surface area contributed by atoms with E-state index in [4.69, 9.17) is 10.5 Å². The molecule has 0 atom stereocenters. The van der Waals surface area contributed by atoms with Crippen molar-refractivity contribution < 1.29 is 9.53 Å². The molecular formula is C15H23N3O2. The zero-order chi connectivity index (χ0) is 14.8. The lowest BCUT2D eigenvalue weighted by molar-refractivity contribution is 0.0594. The molecule has 2 N–H and O–H groups in total. The summed E-state index contributed by atoms with van der Waals surface area (Å²) in [6.07, 6.45) is 3.44. The van der Waals surface area contributed by atoms with Gasteiger partial charge in [-0.05, 0) is 36.8 Å². The first-order valence-corrected chi connectivity index (χ1v) is 7.15. The Bertz CT molecular complexity index is 498. The van der Waals surface area contributed by atoms with Crippen LogP contribution in [-0.4, -0.2) is 31.2 Å². The zero-order valence-electron chi connectivity index (χ0n) is 12.5. The number of esters is 1. The molecule has 0 saturated carbocycles. The van der Waals surface area contributed by atoms with Crippen molar-refractivity contribution in [2.24, 2.45) is 5.41 Å². The van der Waals surface area contributed by atoms with Crippen LogP contribution in [0.3, 0.4) is 0 Å². The molecule has 1 aromatic heterocycles. The van der Waals surface area contributed by atoms with Gasteiger partial charge in [-0.1, -0.05) is 13.8 Å². The Morgan fingerprint density at radius 2 is 2.15 bits per heavy atom. The lowest BCUT2D eigenvalue weighted by Crippen LogP contribution is -2.27. The highest BCUT2D eigenvalue weighted by molar-refractivity contribution is 5.88. The molecule has 2 rings (SSSR count). The van der Waals surface area contributed by atoms with Crippen molar-refractivity contribution in [2.45, 2.75) is 33.1 Å². The molecule has 0 bridgehead atoms. The lowest BCUT2D eigenvalue weighted by Gasteiger charge is -2.27. The van der Waals surface area contributed by atoms with Gasteiger partial charge < -0.3 is 15.4 Å². The molecule has 0 spiro atoms. The third-order valence-electron chi connectivity index (χ3n) is 4.54. The standard InChI is InChI=1S/C15H23N3O2/c1-4-15(5-2)8-9-18(10-15)13-11(16)6-7-12(17-13)14(19)20-3/h6-7H,4-5,8-10,16H2,1-3H3. The first-order valence-electron chi connectivity index (χ1n) is 7.15. The van der Waals surface area contributed by atoms with Crippen LogP contribution >= 0.6 is 0 Å². The van der Waals surface area contributed by atoms with Crippen molar-refractivity contribution in [1.82, 2.24) is 4.98 Å². The summed E-state index contributed by atoms with van der Waals surface area (Å²) in [4.78, 5) is 18.2. The number of nitrogens with zero attached hydrogens (tertiary/aromatic N) is 2. The van der Waals surface area contributed by atoms with Crippen molar-refractivity contribution >= 4 is 17.5 Å². The molecule has 0 amide bonds. The topological polar surface area (TPSA) is 68.5 Å². The molecule has 0 aromatic carbocycles. The number of carbonyl (C=O) groups excluding carboxylic acids is 1. The highest BCUT2D eigenvalue weighted by Gasteiger charge is 2.36. The molecule has 0 radical (unpaired) electrons. The Labute approximate surface area is 120 Å². The Balaban J connectivity index is 2.27. The maximum Gasteiger partial charge on any atom is 0.356 e. The van der Waals surface area contributed by atoms with Gasteiger partial charge in [0.1, 0.15) is 0 Å². The van der Waals surface area contributed by atoms with Gasteiger partial charge in [-0.15, -0.1) is 0 Å². The van der Waals surface area contributed by atoms with Crippen LogP contribution in [0.5, 0.6) is 0 Å². The van der Waals surface area contributed by atoms with E-state index >= 15 is 0 Å². The summed E-state index contributed by atoms with van der Waals surface area (Å²) >= 11 is 0. The lowest BCUT2D eigenvalue weighted by atomic mass is 9.82. The largest absolute Gasteiger partial charge is 0.464 e. The number of aromatic nitrogens is 1. The third-order valence-corrected chi connectivity index (χ3v) is 4.54. The van der Waals surface area contributed by atoms with E-state index in [2.05, 4.69) is 23.7 Å². The van der Waals surface area contributed by atoms with Gasteiger partial charge in [0, 0.05) is 13.1 Å². The number of methoxy groups -OCH3 is 1. The fraction of sp³-hybridized carbons (Fsp3) is 0.600. The van der Waals surface area contributed by atoms with Gasteiger partial charge in [0.05, 0.1) is 12.8 Å². The Hall–Kier alpha value is -1.78. The Kier molecular flexibility index (Phi) is 4.16. The van der Waals surface area contributed by atoms with Crippen molar-refractivity contribution in [1.29, 1.82) is 0 Å². The van der Waals surface area contributed by atoms with Crippen molar-refractivity contribution in [3.05, 3.63) is 17.8 Å². The number of carbonyl (C=O) groups is 1. The van der Waals surface area contributed by atoms with E-state index in [1.54, 1.807) is 12.1 Å². The van der Waals surface area contributed by atoms with E-state index in [0.717, 1.165) is 32.4 Å². The second-order valence-electron chi connectivity index (χ2n) is 5.48. The number of pyridine rings is 1. The summed E-state index contributed by atoms with van der Waals surface area (Å²) in [6, 6.07) is 3.33. The minimum Gasteiger partial charge on any atom is -0.464 e. The van der Waals surface area contributed by atoms with Crippen molar-refractivity contribution in [3.8, 4) is 0 Å². The number of hydrogen-bond acceptors (Lipinski definition) is 5. The van der Waals surface area contributed by atoms with E-state index in [9.17, 15) is 4.79 Å². The number of nitrogen functional groups attached to an aromatic ring is 1. The monoisotopic (exact) mass is 277 g/mol. The van der Waals surface area contributed by atoms with Crippen LogP contribution in [0.2, 0.25) is 0 Å².